The number of rotatable bonds is 4. The van der Waals surface area contributed by atoms with Gasteiger partial charge in [0.2, 0.25) is 11.8 Å². The number of hydrogen-bond donors (Lipinski definition) is 1. The second-order valence-corrected chi connectivity index (χ2v) is 6.13. The highest BCUT2D eigenvalue weighted by molar-refractivity contribution is 5.85. The van der Waals surface area contributed by atoms with Crippen molar-refractivity contribution in [2.45, 2.75) is 33.6 Å². The number of nitrogens with zero attached hydrogens (tertiary/aromatic N) is 2. The standard InChI is InChI=1S/C14H27N3O2.ClH/c1-14(2,3)13(19)17-10-8-16(9-11-17)12(18)6-5-7-15-4;/h15H,5-11H2,1-4H3;1H. The number of amides is 2. The molecule has 0 aliphatic carbocycles. The first-order valence-corrected chi connectivity index (χ1v) is 7.08. The molecule has 1 fully saturated rings. The quantitative estimate of drug-likeness (QED) is 0.792. The second-order valence-electron chi connectivity index (χ2n) is 6.13. The molecule has 0 aromatic rings. The van der Waals surface area contributed by atoms with Gasteiger partial charge in [0, 0.05) is 38.0 Å². The van der Waals surface area contributed by atoms with Crippen molar-refractivity contribution in [3.05, 3.63) is 0 Å². The van der Waals surface area contributed by atoms with E-state index in [0.29, 0.717) is 32.6 Å². The molecule has 6 heteroatoms. The van der Waals surface area contributed by atoms with Crippen LogP contribution in [0.25, 0.3) is 0 Å². The number of carbonyl (C=O) groups is 2. The lowest BCUT2D eigenvalue weighted by Crippen LogP contribution is -2.53. The average molecular weight is 306 g/mol. The Hall–Kier alpha value is -0.810. The van der Waals surface area contributed by atoms with Gasteiger partial charge in [-0.15, -0.1) is 12.4 Å². The van der Waals surface area contributed by atoms with Crippen molar-refractivity contribution >= 4 is 24.2 Å². The molecular formula is C14H28ClN3O2. The van der Waals surface area contributed by atoms with E-state index in [-0.39, 0.29) is 29.6 Å². The van der Waals surface area contributed by atoms with Gasteiger partial charge in [-0.1, -0.05) is 20.8 Å². The van der Waals surface area contributed by atoms with Crippen LogP contribution in [0.4, 0.5) is 0 Å². The van der Waals surface area contributed by atoms with Crippen LogP contribution in [0.15, 0.2) is 0 Å². The van der Waals surface area contributed by atoms with E-state index in [1.807, 2.05) is 37.6 Å². The van der Waals surface area contributed by atoms with E-state index in [1.54, 1.807) is 0 Å². The molecule has 1 rings (SSSR count). The Kier molecular flexibility index (Phi) is 8.13. The fourth-order valence-corrected chi connectivity index (χ4v) is 2.21. The lowest BCUT2D eigenvalue weighted by Gasteiger charge is -2.37. The summed E-state index contributed by atoms with van der Waals surface area (Å²) in [5.41, 5.74) is -0.334. The molecule has 0 radical (unpaired) electrons. The third-order valence-electron chi connectivity index (χ3n) is 3.38. The normalized spacial score (nSPS) is 15.8. The minimum absolute atomic E-state index is 0. The van der Waals surface area contributed by atoms with Crippen molar-refractivity contribution < 1.29 is 9.59 Å². The number of halogens is 1. The Labute approximate surface area is 128 Å². The lowest BCUT2D eigenvalue weighted by molar-refractivity contribution is -0.144. The Morgan fingerprint density at radius 1 is 1.05 bits per heavy atom. The molecule has 1 aliphatic heterocycles. The summed E-state index contributed by atoms with van der Waals surface area (Å²) in [5.74, 6) is 0.382. The SMILES string of the molecule is CNCCCC(=O)N1CCN(C(=O)C(C)(C)C)CC1.Cl. The zero-order chi connectivity index (χ0) is 14.5. The summed E-state index contributed by atoms with van der Waals surface area (Å²) in [6, 6.07) is 0. The van der Waals surface area contributed by atoms with Crippen LogP contribution < -0.4 is 5.32 Å². The Morgan fingerprint density at radius 3 is 2.00 bits per heavy atom. The molecule has 0 unspecified atom stereocenters. The van der Waals surface area contributed by atoms with Crippen LogP contribution >= 0.6 is 12.4 Å². The fraction of sp³-hybridized carbons (Fsp3) is 0.857. The molecule has 20 heavy (non-hydrogen) atoms. The largest absolute Gasteiger partial charge is 0.339 e. The van der Waals surface area contributed by atoms with Crippen molar-refractivity contribution in [3.63, 3.8) is 0 Å². The summed E-state index contributed by atoms with van der Waals surface area (Å²) >= 11 is 0. The van der Waals surface area contributed by atoms with E-state index in [9.17, 15) is 9.59 Å². The van der Waals surface area contributed by atoms with Crippen molar-refractivity contribution in [1.82, 2.24) is 15.1 Å². The Morgan fingerprint density at radius 2 is 1.55 bits per heavy atom. The van der Waals surface area contributed by atoms with E-state index >= 15 is 0 Å². The molecule has 0 aromatic carbocycles. The zero-order valence-electron chi connectivity index (χ0n) is 13.1. The van der Waals surface area contributed by atoms with Gasteiger partial charge in [-0.05, 0) is 20.0 Å². The maximum Gasteiger partial charge on any atom is 0.228 e. The monoisotopic (exact) mass is 305 g/mol. The molecule has 2 amide bonds. The van der Waals surface area contributed by atoms with Gasteiger partial charge in [0.25, 0.3) is 0 Å². The van der Waals surface area contributed by atoms with E-state index in [4.69, 9.17) is 0 Å². The summed E-state index contributed by atoms with van der Waals surface area (Å²) in [6.07, 6.45) is 1.46. The molecule has 0 aromatic heterocycles. The van der Waals surface area contributed by atoms with E-state index in [0.717, 1.165) is 13.0 Å². The van der Waals surface area contributed by atoms with Gasteiger partial charge in [0.15, 0.2) is 0 Å². The second kappa shape index (κ2) is 8.47. The van der Waals surface area contributed by atoms with Crippen molar-refractivity contribution in [2.75, 3.05) is 39.8 Å². The maximum atomic E-state index is 12.1. The topological polar surface area (TPSA) is 52.7 Å². The molecule has 1 heterocycles. The van der Waals surface area contributed by atoms with Gasteiger partial charge in [0.1, 0.15) is 0 Å². The minimum atomic E-state index is -0.334. The summed E-state index contributed by atoms with van der Waals surface area (Å²) < 4.78 is 0. The number of piperazine rings is 1. The molecular weight excluding hydrogens is 278 g/mol. The van der Waals surface area contributed by atoms with Gasteiger partial charge in [-0.3, -0.25) is 9.59 Å². The van der Waals surface area contributed by atoms with Crippen molar-refractivity contribution in [2.24, 2.45) is 5.41 Å². The highest BCUT2D eigenvalue weighted by Gasteiger charge is 2.30. The van der Waals surface area contributed by atoms with Crippen molar-refractivity contribution in [1.29, 1.82) is 0 Å². The first-order chi connectivity index (χ1) is 8.86. The smallest absolute Gasteiger partial charge is 0.228 e. The zero-order valence-corrected chi connectivity index (χ0v) is 13.9. The molecule has 0 bridgehead atoms. The van der Waals surface area contributed by atoms with Gasteiger partial charge in [-0.2, -0.15) is 0 Å². The summed E-state index contributed by atoms with van der Waals surface area (Å²) in [6.45, 7) is 9.33. The van der Waals surface area contributed by atoms with E-state index < -0.39 is 0 Å². The Bertz CT molecular complexity index is 321. The summed E-state index contributed by atoms with van der Waals surface area (Å²) in [5, 5.41) is 3.04. The van der Waals surface area contributed by atoms with Crippen LogP contribution in [0.2, 0.25) is 0 Å². The number of nitrogens with one attached hydrogen (secondary N) is 1. The summed E-state index contributed by atoms with van der Waals surface area (Å²) in [4.78, 5) is 27.8. The molecule has 5 nitrogen and oxygen atoms in total. The maximum absolute atomic E-state index is 12.1. The summed E-state index contributed by atoms with van der Waals surface area (Å²) in [7, 11) is 1.89. The lowest BCUT2D eigenvalue weighted by atomic mass is 9.94. The number of carbonyl (C=O) groups excluding carboxylic acids is 2. The first-order valence-electron chi connectivity index (χ1n) is 7.08. The van der Waals surface area contributed by atoms with Gasteiger partial charge in [0.05, 0.1) is 0 Å². The molecule has 118 valence electrons. The van der Waals surface area contributed by atoms with E-state index in [2.05, 4.69) is 5.32 Å². The highest BCUT2D eigenvalue weighted by atomic mass is 35.5. The molecule has 1 saturated heterocycles. The molecule has 0 spiro atoms. The molecule has 1 aliphatic rings. The third kappa shape index (κ3) is 5.67. The predicted molar refractivity (Wildman–Crippen MR) is 83.0 cm³/mol. The van der Waals surface area contributed by atoms with E-state index in [1.165, 1.54) is 0 Å². The van der Waals surface area contributed by atoms with Crippen LogP contribution in [0.5, 0.6) is 0 Å². The van der Waals surface area contributed by atoms with Crippen LogP contribution in [0.1, 0.15) is 33.6 Å². The number of hydrogen-bond acceptors (Lipinski definition) is 3. The average Bonchev–Trinajstić information content (AvgIpc) is 2.37. The third-order valence-corrected chi connectivity index (χ3v) is 3.38. The van der Waals surface area contributed by atoms with Crippen LogP contribution in [0.3, 0.4) is 0 Å². The predicted octanol–water partition coefficient (Wildman–Crippen LogP) is 1.12. The van der Waals surface area contributed by atoms with Gasteiger partial charge in [-0.25, -0.2) is 0 Å². The molecule has 1 N–H and O–H groups in total. The van der Waals surface area contributed by atoms with Gasteiger partial charge >= 0.3 is 0 Å². The highest BCUT2D eigenvalue weighted by Crippen LogP contribution is 2.18. The minimum Gasteiger partial charge on any atom is -0.339 e. The van der Waals surface area contributed by atoms with Crippen LogP contribution in [-0.4, -0.2) is 61.4 Å². The first kappa shape index (κ1) is 19.2. The molecule has 0 saturated carbocycles. The Balaban J connectivity index is 0.00000361. The van der Waals surface area contributed by atoms with Crippen molar-refractivity contribution in [3.8, 4) is 0 Å². The van der Waals surface area contributed by atoms with Crippen LogP contribution in [-0.2, 0) is 9.59 Å². The van der Waals surface area contributed by atoms with Crippen LogP contribution in [0, 0.1) is 5.41 Å². The molecule has 0 atom stereocenters. The fourth-order valence-electron chi connectivity index (χ4n) is 2.21. The van der Waals surface area contributed by atoms with Gasteiger partial charge < -0.3 is 15.1 Å².